The number of oxazole rings is 1. The molecule has 1 aromatic heterocycles. The number of amides is 1. The molecule has 136 valence electrons. The van der Waals surface area contributed by atoms with Crippen molar-refractivity contribution in [2.24, 2.45) is 0 Å². The topological polar surface area (TPSA) is 140 Å². The van der Waals surface area contributed by atoms with Crippen molar-refractivity contribution in [3.63, 3.8) is 0 Å². The van der Waals surface area contributed by atoms with Crippen molar-refractivity contribution in [3.8, 4) is 11.8 Å². The molecule has 3 aromatic rings. The second kappa shape index (κ2) is 7.01. The summed E-state index contributed by atoms with van der Waals surface area (Å²) >= 11 is 0. The smallest absolute Gasteiger partial charge is 0.420 e. The Hall–Kier alpha value is -4.13. The van der Waals surface area contributed by atoms with Crippen LogP contribution in [0.1, 0.15) is 5.56 Å². The molecule has 0 saturated carbocycles. The van der Waals surface area contributed by atoms with Gasteiger partial charge < -0.3 is 14.5 Å². The quantitative estimate of drug-likeness (QED) is 0.536. The maximum atomic E-state index is 12.4. The SMILES string of the molecule is COc1ccc(C#N)cc1NC(=O)Cn1c(=O)oc2cc([N+](=O)[O-])ccc21. The molecule has 1 heterocycles. The van der Waals surface area contributed by atoms with Gasteiger partial charge in [0, 0.05) is 6.07 Å². The minimum atomic E-state index is -0.821. The number of non-ortho nitro benzene ring substituents is 1. The van der Waals surface area contributed by atoms with Crippen LogP contribution in [0.25, 0.3) is 11.1 Å². The number of nitrogens with zero attached hydrogens (tertiary/aromatic N) is 3. The Morgan fingerprint density at radius 1 is 1.37 bits per heavy atom. The predicted molar refractivity (Wildman–Crippen MR) is 93.5 cm³/mol. The number of hydrogen-bond acceptors (Lipinski definition) is 7. The van der Waals surface area contributed by atoms with Gasteiger partial charge in [-0.05, 0) is 24.3 Å². The van der Waals surface area contributed by atoms with Crippen molar-refractivity contribution in [3.05, 3.63) is 62.6 Å². The first-order chi connectivity index (χ1) is 12.9. The summed E-state index contributed by atoms with van der Waals surface area (Å²) in [5.41, 5.74) is 0.623. The summed E-state index contributed by atoms with van der Waals surface area (Å²) in [5.74, 6) is -1.03. The number of methoxy groups -OCH3 is 1. The summed E-state index contributed by atoms with van der Waals surface area (Å²) in [6.07, 6.45) is 0. The van der Waals surface area contributed by atoms with Crippen LogP contribution < -0.4 is 15.8 Å². The average molecular weight is 368 g/mol. The molecule has 0 atom stereocenters. The molecule has 10 nitrogen and oxygen atoms in total. The van der Waals surface area contributed by atoms with Gasteiger partial charge in [0.25, 0.3) is 5.69 Å². The molecule has 0 spiro atoms. The molecule has 0 aliphatic heterocycles. The number of nitrogens with one attached hydrogen (secondary N) is 1. The summed E-state index contributed by atoms with van der Waals surface area (Å²) in [6.45, 7) is -0.385. The third-order valence-electron chi connectivity index (χ3n) is 3.77. The molecular weight excluding hydrogens is 356 g/mol. The van der Waals surface area contributed by atoms with Crippen LogP contribution in [0.5, 0.6) is 5.75 Å². The molecule has 1 amide bonds. The van der Waals surface area contributed by atoms with Crippen molar-refractivity contribution < 1.29 is 18.9 Å². The molecule has 10 heteroatoms. The minimum absolute atomic E-state index is 0.00561. The van der Waals surface area contributed by atoms with E-state index in [1.807, 2.05) is 6.07 Å². The fourth-order valence-corrected chi connectivity index (χ4v) is 2.53. The maximum Gasteiger partial charge on any atom is 0.420 e. The number of benzene rings is 2. The lowest BCUT2D eigenvalue weighted by Crippen LogP contribution is -2.25. The lowest BCUT2D eigenvalue weighted by atomic mass is 10.2. The van der Waals surface area contributed by atoms with Gasteiger partial charge in [-0.2, -0.15) is 5.26 Å². The summed E-state index contributed by atoms with van der Waals surface area (Å²) in [6, 6.07) is 10.1. The molecule has 3 rings (SSSR count). The summed E-state index contributed by atoms with van der Waals surface area (Å²) < 4.78 is 11.2. The normalized spacial score (nSPS) is 10.4. The highest BCUT2D eigenvalue weighted by Crippen LogP contribution is 2.25. The molecule has 1 N–H and O–H groups in total. The van der Waals surface area contributed by atoms with E-state index in [2.05, 4.69) is 5.32 Å². The van der Waals surface area contributed by atoms with Crippen LogP contribution in [0.2, 0.25) is 0 Å². The first-order valence-corrected chi connectivity index (χ1v) is 7.58. The van der Waals surface area contributed by atoms with E-state index in [0.29, 0.717) is 11.3 Å². The summed E-state index contributed by atoms with van der Waals surface area (Å²) in [7, 11) is 1.41. The second-order valence-electron chi connectivity index (χ2n) is 5.44. The van der Waals surface area contributed by atoms with E-state index in [1.54, 1.807) is 0 Å². The second-order valence-corrected chi connectivity index (χ2v) is 5.44. The number of aromatic nitrogens is 1. The van der Waals surface area contributed by atoms with E-state index in [9.17, 15) is 19.7 Å². The zero-order valence-electron chi connectivity index (χ0n) is 14.0. The Kier molecular flexibility index (Phi) is 4.59. The van der Waals surface area contributed by atoms with E-state index in [4.69, 9.17) is 14.4 Å². The number of carbonyl (C=O) groups excluding carboxylic acids is 1. The molecule has 0 aliphatic rings. The Labute approximate surface area is 151 Å². The number of hydrogen-bond donors (Lipinski definition) is 1. The summed E-state index contributed by atoms with van der Waals surface area (Å²) in [5, 5.41) is 22.4. The largest absolute Gasteiger partial charge is 0.495 e. The zero-order valence-corrected chi connectivity index (χ0v) is 14.0. The number of nitro benzene ring substituents is 1. The lowest BCUT2D eigenvalue weighted by molar-refractivity contribution is -0.384. The molecule has 2 aromatic carbocycles. The van der Waals surface area contributed by atoms with Crippen LogP contribution in [0.15, 0.2) is 45.6 Å². The Bertz CT molecular complexity index is 1150. The average Bonchev–Trinajstić information content (AvgIpc) is 2.96. The molecular formula is C17H12N4O6. The number of ether oxygens (including phenoxy) is 1. The van der Waals surface area contributed by atoms with E-state index in [1.165, 1.54) is 37.4 Å². The van der Waals surface area contributed by atoms with Crippen molar-refractivity contribution in [2.45, 2.75) is 6.54 Å². The highest BCUT2D eigenvalue weighted by molar-refractivity contribution is 5.93. The minimum Gasteiger partial charge on any atom is -0.495 e. The Morgan fingerprint density at radius 2 is 2.15 bits per heavy atom. The number of anilines is 1. The number of fused-ring (bicyclic) bond motifs is 1. The van der Waals surface area contributed by atoms with Crippen molar-refractivity contribution in [1.29, 1.82) is 5.26 Å². The van der Waals surface area contributed by atoms with E-state index < -0.39 is 16.6 Å². The molecule has 0 unspecified atom stereocenters. The molecule has 27 heavy (non-hydrogen) atoms. The van der Waals surface area contributed by atoms with Gasteiger partial charge in [-0.3, -0.25) is 19.5 Å². The Morgan fingerprint density at radius 3 is 2.81 bits per heavy atom. The standard InChI is InChI=1S/C17H12N4O6/c1-26-14-5-2-10(8-18)6-12(14)19-16(22)9-20-13-4-3-11(21(24)25)7-15(13)27-17(20)23/h2-7H,9H2,1H3,(H,19,22). The van der Waals surface area contributed by atoms with Crippen molar-refractivity contribution in [2.75, 3.05) is 12.4 Å². The van der Waals surface area contributed by atoms with Gasteiger partial charge in [0.15, 0.2) is 5.58 Å². The third-order valence-corrected chi connectivity index (χ3v) is 3.77. The fourth-order valence-electron chi connectivity index (χ4n) is 2.53. The van der Waals surface area contributed by atoms with Gasteiger partial charge in [-0.1, -0.05) is 0 Å². The molecule has 0 fully saturated rings. The van der Waals surface area contributed by atoms with Crippen LogP contribution in [-0.2, 0) is 11.3 Å². The van der Waals surface area contributed by atoms with Crippen molar-refractivity contribution in [1.82, 2.24) is 4.57 Å². The number of rotatable bonds is 5. The maximum absolute atomic E-state index is 12.4. The number of carbonyl (C=O) groups is 1. The van der Waals surface area contributed by atoms with E-state index in [-0.39, 0.29) is 29.0 Å². The van der Waals surface area contributed by atoms with Crippen molar-refractivity contribution >= 4 is 28.4 Å². The third kappa shape index (κ3) is 3.47. The van der Waals surface area contributed by atoms with Gasteiger partial charge >= 0.3 is 5.76 Å². The summed E-state index contributed by atoms with van der Waals surface area (Å²) in [4.78, 5) is 34.6. The lowest BCUT2D eigenvalue weighted by Gasteiger charge is -2.10. The van der Waals surface area contributed by atoms with Gasteiger partial charge in [0.2, 0.25) is 5.91 Å². The van der Waals surface area contributed by atoms with Crippen LogP contribution in [0, 0.1) is 21.4 Å². The molecule has 0 bridgehead atoms. The zero-order chi connectivity index (χ0) is 19.6. The predicted octanol–water partition coefficient (Wildman–Crippen LogP) is 2.02. The van der Waals surface area contributed by atoms with Gasteiger partial charge in [0.1, 0.15) is 12.3 Å². The fraction of sp³-hybridized carbons (Fsp3) is 0.118. The Balaban J connectivity index is 1.89. The first-order valence-electron chi connectivity index (χ1n) is 7.58. The molecule has 0 aliphatic carbocycles. The van der Waals surface area contributed by atoms with Crippen LogP contribution in [0.3, 0.4) is 0 Å². The van der Waals surface area contributed by atoms with Crippen LogP contribution in [-0.4, -0.2) is 22.5 Å². The van der Waals surface area contributed by atoms with Crippen LogP contribution in [0.4, 0.5) is 11.4 Å². The monoisotopic (exact) mass is 368 g/mol. The molecule has 0 radical (unpaired) electrons. The van der Waals surface area contributed by atoms with E-state index in [0.717, 1.165) is 10.6 Å². The van der Waals surface area contributed by atoms with E-state index >= 15 is 0 Å². The number of nitriles is 1. The highest BCUT2D eigenvalue weighted by Gasteiger charge is 2.17. The van der Waals surface area contributed by atoms with Gasteiger partial charge in [0.05, 0.1) is 40.9 Å². The van der Waals surface area contributed by atoms with Gasteiger partial charge in [-0.25, -0.2) is 4.79 Å². The van der Waals surface area contributed by atoms with Gasteiger partial charge in [-0.15, -0.1) is 0 Å². The molecule has 0 saturated heterocycles. The first kappa shape index (κ1) is 17.7. The highest BCUT2D eigenvalue weighted by atomic mass is 16.6. The number of nitro groups is 1. The van der Waals surface area contributed by atoms with Crippen LogP contribution >= 0.6 is 0 Å².